The Hall–Kier alpha value is -1.78. The summed E-state index contributed by atoms with van der Waals surface area (Å²) in [5.74, 6) is 0.626. The summed E-state index contributed by atoms with van der Waals surface area (Å²) in [5, 5.41) is 0. The molecule has 0 unspecified atom stereocenters. The van der Waals surface area contributed by atoms with Gasteiger partial charge in [0.15, 0.2) is 0 Å². The zero-order valence-electron chi connectivity index (χ0n) is 13.5. The highest BCUT2D eigenvalue weighted by atomic mass is 16.6. The quantitative estimate of drug-likeness (QED) is 0.837. The first-order chi connectivity index (χ1) is 9.81. The highest BCUT2D eigenvalue weighted by molar-refractivity contribution is 5.69. The molecular formula is C16H24N2O3. The van der Waals surface area contributed by atoms with E-state index in [0.29, 0.717) is 5.88 Å². The smallest absolute Gasteiger partial charge is 0.410 e. The third kappa shape index (κ3) is 3.65. The van der Waals surface area contributed by atoms with Crippen LogP contribution in [0.2, 0.25) is 0 Å². The maximum Gasteiger partial charge on any atom is 0.410 e. The van der Waals surface area contributed by atoms with Gasteiger partial charge in [-0.2, -0.15) is 0 Å². The predicted octanol–water partition coefficient (Wildman–Crippen LogP) is 3.47. The van der Waals surface area contributed by atoms with Crippen molar-refractivity contribution in [3.8, 4) is 5.88 Å². The summed E-state index contributed by atoms with van der Waals surface area (Å²) in [7, 11) is 1.61. The third-order valence-corrected chi connectivity index (χ3v) is 3.51. The molecule has 5 nitrogen and oxygen atoms in total. The molecule has 1 aromatic rings. The summed E-state index contributed by atoms with van der Waals surface area (Å²) < 4.78 is 10.7. The Labute approximate surface area is 126 Å². The zero-order valence-corrected chi connectivity index (χ0v) is 13.5. The Morgan fingerprint density at radius 3 is 2.71 bits per heavy atom. The van der Waals surface area contributed by atoms with Crippen LogP contribution in [0.5, 0.6) is 5.88 Å². The number of aromatic nitrogens is 1. The van der Waals surface area contributed by atoms with Crippen molar-refractivity contribution in [2.24, 2.45) is 0 Å². The minimum Gasteiger partial charge on any atom is -0.481 e. The van der Waals surface area contributed by atoms with E-state index in [9.17, 15) is 4.79 Å². The molecule has 116 valence electrons. The second-order valence-electron chi connectivity index (χ2n) is 6.43. The summed E-state index contributed by atoms with van der Waals surface area (Å²) in [6.07, 6.45) is 3.46. The molecule has 1 atom stereocenters. The van der Waals surface area contributed by atoms with Gasteiger partial charge < -0.3 is 14.4 Å². The van der Waals surface area contributed by atoms with Crippen molar-refractivity contribution >= 4 is 6.09 Å². The number of hydrogen-bond donors (Lipinski definition) is 0. The lowest BCUT2D eigenvalue weighted by molar-refractivity contribution is 0.0224. The molecule has 21 heavy (non-hydrogen) atoms. The highest BCUT2D eigenvalue weighted by Gasteiger charge is 2.33. The van der Waals surface area contributed by atoms with Crippen molar-refractivity contribution in [1.82, 2.24) is 9.88 Å². The molecular weight excluding hydrogens is 268 g/mol. The summed E-state index contributed by atoms with van der Waals surface area (Å²) in [4.78, 5) is 18.4. The highest BCUT2D eigenvalue weighted by Crippen LogP contribution is 2.34. The number of carbonyl (C=O) groups is 1. The van der Waals surface area contributed by atoms with E-state index >= 15 is 0 Å². The maximum absolute atomic E-state index is 12.3. The first kappa shape index (κ1) is 15.6. The lowest BCUT2D eigenvalue weighted by Gasteiger charge is -2.28. The van der Waals surface area contributed by atoms with E-state index in [1.165, 1.54) is 0 Å². The number of methoxy groups -OCH3 is 1. The van der Waals surface area contributed by atoms with Crippen molar-refractivity contribution in [1.29, 1.82) is 0 Å². The van der Waals surface area contributed by atoms with Crippen LogP contribution in [0, 0.1) is 6.92 Å². The summed E-state index contributed by atoms with van der Waals surface area (Å²) >= 11 is 0. The van der Waals surface area contributed by atoms with Crippen molar-refractivity contribution in [3.63, 3.8) is 0 Å². The van der Waals surface area contributed by atoms with Crippen molar-refractivity contribution < 1.29 is 14.3 Å². The van der Waals surface area contributed by atoms with Crippen molar-refractivity contribution in [2.45, 2.75) is 52.2 Å². The van der Waals surface area contributed by atoms with Crippen LogP contribution < -0.4 is 4.74 Å². The molecule has 2 rings (SSSR count). The normalized spacial score (nSPS) is 18.7. The Kier molecular flexibility index (Phi) is 4.40. The first-order valence-electron chi connectivity index (χ1n) is 7.32. The van der Waals surface area contributed by atoms with E-state index in [-0.39, 0.29) is 12.1 Å². The Bertz CT molecular complexity index is 523. The molecule has 1 aliphatic rings. The molecule has 1 fully saturated rings. The van der Waals surface area contributed by atoms with E-state index < -0.39 is 5.60 Å². The van der Waals surface area contributed by atoms with Crippen LogP contribution in [-0.2, 0) is 4.74 Å². The molecule has 1 saturated heterocycles. The number of likely N-dealkylation sites (tertiary alicyclic amines) is 1. The Morgan fingerprint density at radius 1 is 1.43 bits per heavy atom. The fourth-order valence-electron chi connectivity index (χ4n) is 2.63. The molecule has 1 amide bonds. The van der Waals surface area contributed by atoms with Gasteiger partial charge in [0.2, 0.25) is 5.88 Å². The van der Waals surface area contributed by atoms with Gasteiger partial charge in [0, 0.05) is 18.3 Å². The van der Waals surface area contributed by atoms with E-state index in [4.69, 9.17) is 9.47 Å². The van der Waals surface area contributed by atoms with E-state index in [1.54, 1.807) is 18.2 Å². The van der Waals surface area contributed by atoms with Gasteiger partial charge in [0.1, 0.15) is 5.60 Å². The van der Waals surface area contributed by atoms with Gasteiger partial charge >= 0.3 is 6.09 Å². The molecule has 1 aliphatic heterocycles. The summed E-state index contributed by atoms with van der Waals surface area (Å²) in [5.41, 5.74) is 1.54. The van der Waals surface area contributed by atoms with Crippen molar-refractivity contribution in [2.75, 3.05) is 13.7 Å². The molecule has 0 aliphatic carbocycles. The Morgan fingerprint density at radius 2 is 2.14 bits per heavy atom. The van der Waals surface area contributed by atoms with Crippen LogP contribution in [0.15, 0.2) is 12.3 Å². The van der Waals surface area contributed by atoms with E-state index in [2.05, 4.69) is 4.98 Å². The third-order valence-electron chi connectivity index (χ3n) is 3.51. The number of ether oxygens (including phenoxy) is 2. The summed E-state index contributed by atoms with van der Waals surface area (Å²) in [6, 6.07) is 2.08. The van der Waals surface area contributed by atoms with Crippen molar-refractivity contribution in [3.05, 3.63) is 23.4 Å². The van der Waals surface area contributed by atoms with Crippen LogP contribution in [0.25, 0.3) is 0 Å². The molecule has 0 bridgehead atoms. The van der Waals surface area contributed by atoms with E-state index in [1.807, 2.05) is 33.8 Å². The van der Waals surface area contributed by atoms with Gasteiger partial charge in [-0.3, -0.25) is 0 Å². The number of amides is 1. The average molecular weight is 292 g/mol. The number of rotatable bonds is 2. The number of pyridine rings is 1. The molecule has 1 aromatic heterocycles. The second kappa shape index (κ2) is 5.92. The minimum absolute atomic E-state index is 0.0388. The van der Waals surface area contributed by atoms with Crippen LogP contribution in [0.3, 0.4) is 0 Å². The average Bonchev–Trinajstić information content (AvgIpc) is 2.85. The second-order valence-corrected chi connectivity index (χ2v) is 6.43. The molecule has 0 aromatic carbocycles. The maximum atomic E-state index is 12.3. The fraction of sp³-hybridized carbons (Fsp3) is 0.625. The molecule has 0 N–H and O–H groups in total. The first-order valence-corrected chi connectivity index (χ1v) is 7.32. The molecule has 5 heteroatoms. The molecule has 0 saturated carbocycles. The molecule has 0 radical (unpaired) electrons. The van der Waals surface area contributed by atoms with Crippen LogP contribution in [0.1, 0.15) is 50.8 Å². The summed E-state index contributed by atoms with van der Waals surface area (Å²) in [6.45, 7) is 8.34. The largest absolute Gasteiger partial charge is 0.481 e. The van der Waals surface area contributed by atoms with Crippen LogP contribution in [-0.4, -0.2) is 35.2 Å². The SMILES string of the molecule is COc1ncc([C@@H]2CCCN2C(=O)OC(C)(C)C)cc1C. The topological polar surface area (TPSA) is 51.7 Å². The van der Waals surface area contributed by atoms with Gasteiger partial charge in [-0.25, -0.2) is 9.78 Å². The Balaban J connectivity index is 2.18. The van der Waals surface area contributed by atoms with Crippen LogP contribution in [0.4, 0.5) is 4.79 Å². The van der Waals surface area contributed by atoms with Gasteiger partial charge in [-0.15, -0.1) is 0 Å². The fourth-order valence-corrected chi connectivity index (χ4v) is 2.63. The van der Waals surface area contributed by atoms with Gasteiger partial charge in [0.05, 0.1) is 13.2 Å². The lowest BCUT2D eigenvalue weighted by atomic mass is 10.1. The van der Waals surface area contributed by atoms with E-state index in [0.717, 1.165) is 30.5 Å². The lowest BCUT2D eigenvalue weighted by Crippen LogP contribution is -2.36. The van der Waals surface area contributed by atoms with Gasteiger partial charge in [0.25, 0.3) is 0 Å². The number of carbonyl (C=O) groups excluding carboxylic acids is 1. The monoisotopic (exact) mass is 292 g/mol. The molecule has 2 heterocycles. The van der Waals surface area contributed by atoms with Gasteiger partial charge in [-0.1, -0.05) is 0 Å². The predicted molar refractivity (Wildman–Crippen MR) is 80.4 cm³/mol. The van der Waals surface area contributed by atoms with Gasteiger partial charge in [-0.05, 0) is 52.2 Å². The number of aryl methyl sites for hydroxylation is 1. The standard InChI is InChI=1S/C16H24N2O3/c1-11-9-12(10-17-14(11)20-5)13-7-6-8-18(13)15(19)21-16(2,3)4/h9-10,13H,6-8H2,1-5H3/t13-/m0/s1. The molecule has 0 spiro atoms. The number of hydrogen-bond acceptors (Lipinski definition) is 4. The number of nitrogens with zero attached hydrogens (tertiary/aromatic N) is 2. The van der Waals surface area contributed by atoms with Crippen LogP contribution >= 0.6 is 0 Å². The minimum atomic E-state index is -0.474. The zero-order chi connectivity index (χ0) is 15.6.